The summed E-state index contributed by atoms with van der Waals surface area (Å²) in [6.07, 6.45) is -3.37. The topological polar surface area (TPSA) is 58.2 Å². The number of amides is 3. The van der Waals surface area contributed by atoms with Gasteiger partial charge < -0.3 is 5.32 Å². The highest BCUT2D eigenvalue weighted by molar-refractivity contribution is 6.34. The van der Waals surface area contributed by atoms with Gasteiger partial charge in [0.1, 0.15) is 0 Å². The van der Waals surface area contributed by atoms with Crippen molar-refractivity contribution in [2.45, 2.75) is 6.18 Å². The third-order valence-electron chi connectivity index (χ3n) is 2.98. The Kier molecular flexibility index (Phi) is 5.82. The first-order valence-electron chi connectivity index (χ1n) is 6.97. The molecule has 2 aromatic rings. The Morgan fingerprint density at radius 2 is 1.64 bits per heavy atom. The molecular weight excluding hydrogens is 357 g/mol. The van der Waals surface area contributed by atoms with Crippen molar-refractivity contribution in [3.63, 3.8) is 0 Å². The van der Waals surface area contributed by atoms with E-state index >= 15 is 0 Å². The van der Waals surface area contributed by atoms with Crippen LogP contribution in [0.1, 0.15) is 15.9 Å². The van der Waals surface area contributed by atoms with Crippen LogP contribution in [0, 0.1) is 0 Å². The summed E-state index contributed by atoms with van der Waals surface area (Å²) in [4.78, 5) is 23.7. The standard InChI is InChI=1S/C17H12ClF3N2O2/c18-14-4-2-1-3-13(14)15(24)23-16(25)22-12-7-5-11(6-8-12)9-10-17(19,20)21/h1-10H,(H2,22,23,24,25)/b10-9+. The van der Waals surface area contributed by atoms with Gasteiger partial charge in [0.25, 0.3) is 5.91 Å². The predicted octanol–water partition coefficient (Wildman–Crippen LogP) is 4.88. The molecule has 8 heteroatoms. The van der Waals surface area contributed by atoms with Crippen molar-refractivity contribution in [1.82, 2.24) is 5.32 Å². The van der Waals surface area contributed by atoms with Gasteiger partial charge in [0.15, 0.2) is 0 Å². The minimum Gasteiger partial charge on any atom is -0.308 e. The Morgan fingerprint density at radius 1 is 1.00 bits per heavy atom. The van der Waals surface area contributed by atoms with Crippen LogP contribution in [0.4, 0.5) is 23.7 Å². The number of carbonyl (C=O) groups is 2. The van der Waals surface area contributed by atoms with Crippen LogP contribution in [0.15, 0.2) is 54.6 Å². The minimum absolute atomic E-state index is 0.115. The van der Waals surface area contributed by atoms with Crippen molar-refractivity contribution in [2.24, 2.45) is 0 Å². The molecule has 0 saturated heterocycles. The minimum atomic E-state index is -4.39. The first kappa shape index (κ1) is 18.5. The van der Waals surface area contributed by atoms with E-state index in [2.05, 4.69) is 10.6 Å². The third kappa shape index (κ3) is 5.96. The highest BCUT2D eigenvalue weighted by Crippen LogP contribution is 2.19. The second-order valence-corrected chi connectivity index (χ2v) is 5.29. The molecule has 0 fully saturated rings. The molecule has 2 aromatic carbocycles. The molecule has 0 aliphatic carbocycles. The van der Waals surface area contributed by atoms with Gasteiger partial charge in [-0.15, -0.1) is 0 Å². The van der Waals surface area contributed by atoms with Crippen molar-refractivity contribution in [3.05, 3.63) is 70.8 Å². The highest BCUT2D eigenvalue weighted by Gasteiger charge is 2.21. The van der Waals surface area contributed by atoms with Crippen molar-refractivity contribution >= 4 is 35.3 Å². The third-order valence-corrected chi connectivity index (χ3v) is 3.31. The normalized spacial score (nSPS) is 11.4. The Hall–Kier alpha value is -2.80. The summed E-state index contributed by atoms with van der Waals surface area (Å²) >= 11 is 5.86. The first-order valence-corrected chi connectivity index (χ1v) is 7.35. The Labute approximate surface area is 146 Å². The molecule has 0 unspecified atom stereocenters. The van der Waals surface area contributed by atoms with Crippen LogP contribution < -0.4 is 10.6 Å². The van der Waals surface area contributed by atoms with Gasteiger partial charge in [0, 0.05) is 11.8 Å². The lowest BCUT2D eigenvalue weighted by molar-refractivity contribution is -0.0790. The highest BCUT2D eigenvalue weighted by atomic mass is 35.5. The van der Waals surface area contributed by atoms with E-state index < -0.39 is 18.1 Å². The number of allylic oxidation sites excluding steroid dienone is 1. The molecule has 0 aliphatic heterocycles. The van der Waals surface area contributed by atoms with Crippen molar-refractivity contribution in [1.29, 1.82) is 0 Å². The van der Waals surface area contributed by atoms with E-state index in [1.807, 2.05) is 0 Å². The quantitative estimate of drug-likeness (QED) is 0.811. The van der Waals surface area contributed by atoms with Crippen LogP contribution in [-0.2, 0) is 0 Å². The largest absolute Gasteiger partial charge is 0.409 e. The van der Waals surface area contributed by atoms with Crippen LogP contribution in [0.2, 0.25) is 5.02 Å². The van der Waals surface area contributed by atoms with Gasteiger partial charge in [0.2, 0.25) is 0 Å². The Bertz CT molecular complexity index is 802. The molecule has 2 N–H and O–H groups in total. The van der Waals surface area contributed by atoms with Crippen LogP contribution in [0.25, 0.3) is 6.08 Å². The van der Waals surface area contributed by atoms with E-state index in [0.717, 1.165) is 6.08 Å². The number of imide groups is 1. The monoisotopic (exact) mass is 368 g/mol. The van der Waals surface area contributed by atoms with E-state index in [1.54, 1.807) is 12.1 Å². The molecule has 0 heterocycles. The molecule has 0 spiro atoms. The summed E-state index contributed by atoms with van der Waals surface area (Å²) in [6.45, 7) is 0. The van der Waals surface area contributed by atoms with Crippen molar-refractivity contribution in [3.8, 4) is 0 Å². The number of alkyl halides is 3. The van der Waals surface area contributed by atoms with Gasteiger partial charge >= 0.3 is 12.2 Å². The number of rotatable bonds is 3. The fourth-order valence-electron chi connectivity index (χ4n) is 1.85. The van der Waals surface area contributed by atoms with Gasteiger partial charge in [-0.3, -0.25) is 10.1 Å². The van der Waals surface area contributed by atoms with Gasteiger partial charge in [-0.05, 0) is 29.8 Å². The fraction of sp³-hybridized carbons (Fsp3) is 0.0588. The maximum atomic E-state index is 12.1. The number of benzene rings is 2. The molecule has 2 rings (SSSR count). The smallest absolute Gasteiger partial charge is 0.308 e. The molecule has 0 atom stereocenters. The SMILES string of the molecule is O=C(NC(=O)c1ccccc1Cl)Nc1ccc(/C=C/C(F)(F)F)cc1. The zero-order valence-electron chi connectivity index (χ0n) is 12.6. The summed E-state index contributed by atoms with van der Waals surface area (Å²) in [5.74, 6) is -0.673. The molecule has 0 radical (unpaired) electrons. The molecule has 25 heavy (non-hydrogen) atoms. The van der Waals surface area contributed by atoms with Crippen LogP contribution in [-0.4, -0.2) is 18.1 Å². The maximum Gasteiger partial charge on any atom is 0.409 e. The lowest BCUT2D eigenvalue weighted by Gasteiger charge is -2.08. The number of hydrogen-bond acceptors (Lipinski definition) is 2. The van der Waals surface area contributed by atoms with Crippen molar-refractivity contribution in [2.75, 3.05) is 5.32 Å². The van der Waals surface area contributed by atoms with Crippen LogP contribution >= 0.6 is 11.6 Å². The van der Waals surface area contributed by atoms with Gasteiger partial charge in [0.05, 0.1) is 10.6 Å². The molecule has 0 bridgehead atoms. The summed E-state index contributed by atoms with van der Waals surface area (Å²) in [7, 11) is 0. The molecule has 4 nitrogen and oxygen atoms in total. The Balaban J connectivity index is 1.96. The number of anilines is 1. The second-order valence-electron chi connectivity index (χ2n) is 4.89. The lowest BCUT2D eigenvalue weighted by atomic mass is 10.2. The summed E-state index contributed by atoms with van der Waals surface area (Å²) in [5.41, 5.74) is 0.774. The van der Waals surface area contributed by atoms with E-state index in [0.29, 0.717) is 11.3 Å². The van der Waals surface area contributed by atoms with Gasteiger partial charge in [-0.25, -0.2) is 4.79 Å². The molecule has 0 aromatic heterocycles. The van der Waals surface area contributed by atoms with E-state index in [9.17, 15) is 22.8 Å². The number of carbonyl (C=O) groups excluding carboxylic acids is 2. The summed E-state index contributed by atoms with van der Waals surface area (Å²) in [5, 5.41) is 4.71. The molecule has 0 saturated carbocycles. The average Bonchev–Trinajstić information content (AvgIpc) is 2.53. The van der Waals surface area contributed by atoms with Gasteiger partial charge in [-0.1, -0.05) is 41.9 Å². The number of halogens is 4. The predicted molar refractivity (Wildman–Crippen MR) is 89.5 cm³/mol. The second kappa shape index (κ2) is 7.85. The first-order chi connectivity index (χ1) is 11.7. The summed E-state index contributed by atoms with van der Waals surface area (Å²) < 4.78 is 36.3. The van der Waals surface area contributed by atoms with E-state index in [4.69, 9.17) is 11.6 Å². The molecule has 130 valence electrons. The van der Waals surface area contributed by atoms with E-state index in [-0.39, 0.29) is 16.7 Å². The molecule has 0 aliphatic rings. The van der Waals surface area contributed by atoms with Crippen LogP contribution in [0.3, 0.4) is 0 Å². The number of nitrogens with one attached hydrogen (secondary N) is 2. The van der Waals surface area contributed by atoms with Crippen LogP contribution in [0.5, 0.6) is 0 Å². The molecular formula is C17H12ClF3N2O2. The van der Waals surface area contributed by atoms with Crippen molar-refractivity contribution < 1.29 is 22.8 Å². The number of urea groups is 1. The van der Waals surface area contributed by atoms with E-state index in [1.165, 1.54) is 36.4 Å². The zero-order valence-corrected chi connectivity index (χ0v) is 13.4. The molecule has 3 amide bonds. The Morgan fingerprint density at radius 3 is 2.24 bits per heavy atom. The average molecular weight is 369 g/mol. The lowest BCUT2D eigenvalue weighted by Crippen LogP contribution is -2.34. The number of hydrogen-bond donors (Lipinski definition) is 2. The fourth-order valence-corrected chi connectivity index (χ4v) is 2.07. The maximum absolute atomic E-state index is 12.1. The summed E-state index contributed by atoms with van der Waals surface area (Å²) in [6, 6.07) is 11.1. The zero-order chi connectivity index (χ0) is 18.4. The van der Waals surface area contributed by atoms with Gasteiger partial charge in [-0.2, -0.15) is 13.2 Å².